The Morgan fingerprint density at radius 2 is 1.90 bits per heavy atom. The van der Waals surface area contributed by atoms with Crippen LogP contribution in [0.25, 0.3) is 6.08 Å². The normalized spacial score (nSPS) is 20.9. The Hall–Kier alpha value is -1.37. The van der Waals surface area contributed by atoms with Gasteiger partial charge >= 0.3 is 7.12 Å². The largest absolute Gasteiger partial charge is 0.491 e. The van der Waals surface area contributed by atoms with Gasteiger partial charge in [-0.1, -0.05) is 6.08 Å². The summed E-state index contributed by atoms with van der Waals surface area (Å²) >= 11 is 0. The zero-order chi connectivity index (χ0) is 15.8. The van der Waals surface area contributed by atoms with Crippen molar-refractivity contribution in [2.75, 3.05) is 6.54 Å². The molecule has 0 aliphatic carbocycles. The van der Waals surface area contributed by atoms with Gasteiger partial charge in [-0.25, -0.2) is 0 Å². The first-order valence-corrected chi connectivity index (χ1v) is 7.12. The number of rotatable bonds is 3. The number of hydrogen-bond acceptors (Lipinski definition) is 4. The van der Waals surface area contributed by atoms with Crippen molar-refractivity contribution < 1.29 is 9.31 Å². The Balaban J connectivity index is 2.35. The average molecular weight is 290 g/mol. The third-order valence-electron chi connectivity index (χ3n) is 4.21. The van der Waals surface area contributed by atoms with E-state index in [1.165, 1.54) is 0 Å². The van der Waals surface area contributed by atoms with E-state index in [4.69, 9.17) is 15.0 Å². The zero-order valence-electron chi connectivity index (χ0n) is 13.3. The van der Waals surface area contributed by atoms with Crippen LogP contribution in [0.2, 0.25) is 0 Å². The molecule has 1 aromatic heterocycles. The van der Waals surface area contributed by atoms with E-state index in [-0.39, 0.29) is 12.1 Å². The molecule has 21 heavy (non-hydrogen) atoms. The highest BCUT2D eigenvalue weighted by atomic mass is 16.7. The summed E-state index contributed by atoms with van der Waals surface area (Å²) in [5.74, 6) is 0. The van der Waals surface area contributed by atoms with E-state index in [0.29, 0.717) is 5.56 Å². The van der Waals surface area contributed by atoms with Crippen LogP contribution >= 0.6 is 0 Å². The zero-order valence-corrected chi connectivity index (χ0v) is 13.3. The minimum Gasteiger partial charge on any atom is -0.400 e. The van der Waals surface area contributed by atoms with Crippen molar-refractivity contribution in [1.82, 2.24) is 4.98 Å². The van der Waals surface area contributed by atoms with Crippen LogP contribution in [0, 0.1) is 6.92 Å². The highest BCUT2D eigenvalue weighted by molar-refractivity contribution is 6.55. The SMILES string of the molecule is Cc1c[nH]c(=O)c(C=C(CN)B2OC(C)(C)C(C)(C)O2)c1. The minimum atomic E-state index is -0.528. The number of nitrogens with two attached hydrogens (primary N) is 1. The summed E-state index contributed by atoms with van der Waals surface area (Å²) < 4.78 is 12.0. The Kier molecular flexibility index (Phi) is 4.15. The van der Waals surface area contributed by atoms with Crippen LogP contribution in [0.1, 0.15) is 38.8 Å². The van der Waals surface area contributed by atoms with Gasteiger partial charge in [-0.15, -0.1) is 0 Å². The van der Waals surface area contributed by atoms with Crippen LogP contribution in [0.4, 0.5) is 0 Å². The lowest BCUT2D eigenvalue weighted by atomic mass is 9.77. The van der Waals surface area contributed by atoms with Crippen LogP contribution in [-0.4, -0.2) is 29.8 Å². The maximum absolute atomic E-state index is 11.9. The van der Waals surface area contributed by atoms with Crippen LogP contribution in [0.3, 0.4) is 0 Å². The molecular weight excluding hydrogens is 267 g/mol. The number of aromatic amines is 1. The summed E-state index contributed by atoms with van der Waals surface area (Å²) in [6.07, 6.45) is 3.44. The van der Waals surface area contributed by atoms with E-state index < -0.39 is 18.3 Å². The van der Waals surface area contributed by atoms with Crippen molar-refractivity contribution in [3.8, 4) is 0 Å². The van der Waals surface area contributed by atoms with Gasteiger partial charge in [0.25, 0.3) is 5.56 Å². The molecule has 0 bridgehead atoms. The van der Waals surface area contributed by atoms with Crippen LogP contribution in [0.15, 0.2) is 22.5 Å². The number of aromatic nitrogens is 1. The van der Waals surface area contributed by atoms with Crippen molar-refractivity contribution in [1.29, 1.82) is 0 Å². The maximum atomic E-state index is 11.9. The molecule has 5 nitrogen and oxygen atoms in total. The van der Waals surface area contributed by atoms with Crippen molar-refractivity contribution in [2.45, 2.75) is 45.8 Å². The molecule has 2 heterocycles. The highest BCUT2D eigenvalue weighted by Gasteiger charge is 2.52. The molecule has 1 aliphatic rings. The fourth-order valence-corrected chi connectivity index (χ4v) is 2.14. The summed E-state index contributed by atoms with van der Waals surface area (Å²) in [5.41, 5.74) is 7.12. The predicted octanol–water partition coefficient (Wildman–Crippen LogP) is 1.66. The second-order valence-electron chi connectivity index (χ2n) is 6.47. The standard InChI is InChI=1S/C15H23BN2O3/c1-10-6-11(13(19)18-9-10)7-12(8-17)16-20-14(2,3)15(4,5)21-16/h6-7,9H,8,17H2,1-5H3,(H,18,19). The molecule has 0 saturated carbocycles. The minimum absolute atomic E-state index is 0.150. The van der Waals surface area contributed by atoms with Gasteiger partial charge in [-0.3, -0.25) is 4.79 Å². The van der Waals surface area contributed by atoms with Gasteiger partial charge in [0.15, 0.2) is 0 Å². The summed E-state index contributed by atoms with van der Waals surface area (Å²) in [6, 6.07) is 1.82. The molecule has 1 saturated heterocycles. The van der Waals surface area contributed by atoms with Gasteiger partial charge < -0.3 is 20.0 Å². The molecule has 0 amide bonds. The monoisotopic (exact) mass is 290 g/mol. The molecule has 3 N–H and O–H groups in total. The predicted molar refractivity (Wildman–Crippen MR) is 84.9 cm³/mol. The molecule has 0 unspecified atom stereocenters. The summed E-state index contributed by atoms with van der Waals surface area (Å²) in [6.45, 7) is 10.1. The van der Waals surface area contributed by atoms with Crippen LogP contribution in [0.5, 0.6) is 0 Å². The first-order chi connectivity index (χ1) is 9.66. The third kappa shape index (κ3) is 3.12. The Bertz CT molecular complexity index is 604. The molecule has 2 rings (SSSR count). The van der Waals surface area contributed by atoms with Gasteiger partial charge in [0.2, 0.25) is 0 Å². The first-order valence-electron chi connectivity index (χ1n) is 7.12. The van der Waals surface area contributed by atoms with Crippen molar-refractivity contribution in [2.24, 2.45) is 5.73 Å². The fourth-order valence-electron chi connectivity index (χ4n) is 2.14. The summed E-state index contributed by atoms with van der Waals surface area (Å²) in [5, 5.41) is 0. The van der Waals surface area contributed by atoms with Crippen molar-refractivity contribution >= 4 is 13.2 Å². The molecule has 6 heteroatoms. The topological polar surface area (TPSA) is 77.3 Å². The molecule has 1 aromatic rings. The number of aryl methyl sites for hydroxylation is 1. The van der Waals surface area contributed by atoms with E-state index in [9.17, 15) is 4.79 Å². The Morgan fingerprint density at radius 1 is 1.33 bits per heavy atom. The Morgan fingerprint density at radius 3 is 2.43 bits per heavy atom. The first kappa shape index (κ1) is 16.0. The van der Waals surface area contributed by atoms with Gasteiger partial charge in [-0.2, -0.15) is 0 Å². The van der Waals surface area contributed by atoms with E-state index in [0.717, 1.165) is 11.0 Å². The molecule has 0 radical (unpaired) electrons. The maximum Gasteiger partial charge on any atom is 0.491 e. The molecular formula is C15H23BN2O3. The molecule has 114 valence electrons. The number of H-pyrrole nitrogens is 1. The second-order valence-corrected chi connectivity index (χ2v) is 6.47. The van der Waals surface area contributed by atoms with E-state index in [1.807, 2.05) is 40.7 Å². The summed E-state index contributed by atoms with van der Waals surface area (Å²) in [4.78, 5) is 14.6. The number of hydrogen-bond donors (Lipinski definition) is 2. The van der Waals surface area contributed by atoms with Gasteiger partial charge in [0, 0.05) is 18.3 Å². The Labute approximate surface area is 125 Å². The van der Waals surface area contributed by atoms with E-state index in [1.54, 1.807) is 12.3 Å². The van der Waals surface area contributed by atoms with Gasteiger partial charge in [0.1, 0.15) is 0 Å². The highest BCUT2D eigenvalue weighted by Crippen LogP contribution is 2.38. The smallest absolute Gasteiger partial charge is 0.400 e. The quantitative estimate of drug-likeness (QED) is 0.830. The van der Waals surface area contributed by atoms with Crippen molar-refractivity contribution in [3.05, 3.63) is 39.2 Å². The lowest BCUT2D eigenvalue weighted by Gasteiger charge is -2.32. The lowest BCUT2D eigenvalue weighted by molar-refractivity contribution is 0.00578. The summed E-state index contributed by atoms with van der Waals surface area (Å²) in [7, 11) is -0.528. The van der Waals surface area contributed by atoms with Gasteiger partial charge in [-0.05, 0) is 51.7 Å². The second kappa shape index (κ2) is 5.44. The van der Waals surface area contributed by atoms with Gasteiger partial charge in [0.05, 0.1) is 11.2 Å². The van der Waals surface area contributed by atoms with Crippen molar-refractivity contribution in [3.63, 3.8) is 0 Å². The van der Waals surface area contributed by atoms with Crippen LogP contribution in [-0.2, 0) is 9.31 Å². The molecule has 0 spiro atoms. The average Bonchev–Trinajstić information content (AvgIpc) is 2.59. The lowest BCUT2D eigenvalue weighted by Crippen LogP contribution is -2.41. The number of pyridine rings is 1. The molecule has 1 fully saturated rings. The van der Waals surface area contributed by atoms with E-state index in [2.05, 4.69) is 4.98 Å². The number of nitrogens with one attached hydrogen (secondary N) is 1. The third-order valence-corrected chi connectivity index (χ3v) is 4.21. The molecule has 1 aliphatic heterocycles. The molecule has 0 atom stereocenters. The molecule has 0 aromatic carbocycles. The van der Waals surface area contributed by atoms with Crippen LogP contribution < -0.4 is 11.3 Å². The fraction of sp³-hybridized carbons (Fsp3) is 0.533. The van der Waals surface area contributed by atoms with E-state index >= 15 is 0 Å².